The van der Waals surface area contributed by atoms with Gasteiger partial charge in [0.15, 0.2) is 0 Å². The molecule has 0 aliphatic rings. The molecule has 0 aliphatic heterocycles. The Bertz CT molecular complexity index is 378. The lowest BCUT2D eigenvalue weighted by Crippen LogP contribution is -2.03. The normalized spacial score (nSPS) is 10.2. The van der Waals surface area contributed by atoms with E-state index in [9.17, 15) is 0 Å². The molecule has 2 rings (SSSR count). The van der Waals surface area contributed by atoms with Crippen molar-refractivity contribution >= 4 is 0 Å². The minimum Gasteiger partial charge on any atom is -0.246 e. The van der Waals surface area contributed by atoms with Gasteiger partial charge in [0.05, 0.1) is 6.54 Å². The van der Waals surface area contributed by atoms with Crippen LogP contribution in [0.1, 0.15) is 11.4 Å². The van der Waals surface area contributed by atoms with Gasteiger partial charge in [-0.2, -0.15) is 5.10 Å². The highest BCUT2D eigenvalue weighted by atomic mass is 15.3. The van der Waals surface area contributed by atoms with E-state index in [2.05, 4.69) is 22.2 Å². The molecule has 0 aliphatic carbocycles. The Kier molecular flexibility index (Phi) is 2.08. The molecule has 0 saturated heterocycles. The third kappa shape index (κ3) is 1.75. The van der Waals surface area contributed by atoms with E-state index in [1.165, 1.54) is 5.56 Å². The third-order valence-electron chi connectivity index (χ3n) is 1.98. The first-order chi connectivity index (χ1) is 6.36. The van der Waals surface area contributed by atoms with Crippen LogP contribution in [-0.4, -0.2) is 14.8 Å². The van der Waals surface area contributed by atoms with Crippen molar-refractivity contribution in [1.29, 1.82) is 0 Å². The number of aryl methyl sites for hydroxylation is 1. The second-order valence-corrected chi connectivity index (χ2v) is 2.95. The van der Waals surface area contributed by atoms with Crippen LogP contribution in [0.15, 0.2) is 36.7 Å². The zero-order valence-corrected chi connectivity index (χ0v) is 7.51. The molecule has 0 saturated carbocycles. The Balaban J connectivity index is 2.20. The molecule has 1 aromatic carbocycles. The van der Waals surface area contributed by atoms with E-state index < -0.39 is 0 Å². The Morgan fingerprint density at radius 1 is 1.23 bits per heavy atom. The quantitative estimate of drug-likeness (QED) is 0.691. The van der Waals surface area contributed by atoms with E-state index in [0.717, 1.165) is 12.4 Å². The summed E-state index contributed by atoms with van der Waals surface area (Å²) in [5.74, 6) is 0.948. The van der Waals surface area contributed by atoms with Crippen molar-refractivity contribution in [3.05, 3.63) is 48.0 Å². The number of benzene rings is 1. The molecular formula is C10H11N3. The summed E-state index contributed by atoms with van der Waals surface area (Å²) >= 11 is 0. The van der Waals surface area contributed by atoms with Crippen molar-refractivity contribution in [1.82, 2.24) is 14.8 Å². The number of nitrogens with zero attached hydrogens (tertiary/aromatic N) is 3. The zero-order chi connectivity index (χ0) is 9.10. The monoisotopic (exact) mass is 173 g/mol. The van der Waals surface area contributed by atoms with Crippen LogP contribution < -0.4 is 0 Å². The van der Waals surface area contributed by atoms with Gasteiger partial charge in [-0.15, -0.1) is 0 Å². The molecule has 0 fully saturated rings. The highest BCUT2D eigenvalue weighted by molar-refractivity contribution is 5.14. The van der Waals surface area contributed by atoms with Gasteiger partial charge >= 0.3 is 0 Å². The highest BCUT2D eigenvalue weighted by Crippen LogP contribution is 2.02. The third-order valence-corrected chi connectivity index (χ3v) is 1.98. The van der Waals surface area contributed by atoms with E-state index in [1.807, 2.05) is 29.8 Å². The zero-order valence-electron chi connectivity index (χ0n) is 7.51. The molecule has 13 heavy (non-hydrogen) atoms. The van der Waals surface area contributed by atoms with Gasteiger partial charge in [0, 0.05) is 0 Å². The van der Waals surface area contributed by atoms with E-state index >= 15 is 0 Å². The molecule has 3 nitrogen and oxygen atoms in total. The van der Waals surface area contributed by atoms with Crippen molar-refractivity contribution < 1.29 is 0 Å². The van der Waals surface area contributed by atoms with Crippen molar-refractivity contribution in [2.75, 3.05) is 0 Å². The van der Waals surface area contributed by atoms with Gasteiger partial charge < -0.3 is 0 Å². The van der Waals surface area contributed by atoms with Crippen molar-refractivity contribution in [3.8, 4) is 0 Å². The smallest absolute Gasteiger partial charge is 0.138 e. The molecule has 3 heteroatoms. The molecule has 0 spiro atoms. The van der Waals surface area contributed by atoms with E-state index in [0.29, 0.717) is 0 Å². The maximum Gasteiger partial charge on any atom is 0.138 e. The largest absolute Gasteiger partial charge is 0.246 e. The SMILES string of the molecule is Cc1ncnn1Cc1ccccc1. The van der Waals surface area contributed by atoms with Crippen LogP contribution in [0.25, 0.3) is 0 Å². The molecule has 0 bridgehead atoms. The van der Waals surface area contributed by atoms with E-state index in [4.69, 9.17) is 0 Å². The lowest BCUT2D eigenvalue weighted by molar-refractivity contribution is 0.660. The fourth-order valence-corrected chi connectivity index (χ4v) is 1.23. The minimum atomic E-state index is 0.798. The average molecular weight is 173 g/mol. The van der Waals surface area contributed by atoms with Crippen LogP contribution in [0.5, 0.6) is 0 Å². The number of rotatable bonds is 2. The molecule has 1 aromatic heterocycles. The fourth-order valence-electron chi connectivity index (χ4n) is 1.23. The maximum absolute atomic E-state index is 4.12. The Hall–Kier alpha value is -1.64. The average Bonchev–Trinajstić information content (AvgIpc) is 2.54. The van der Waals surface area contributed by atoms with E-state index in [1.54, 1.807) is 6.33 Å². The topological polar surface area (TPSA) is 30.7 Å². The molecule has 2 aromatic rings. The van der Waals surface area contributed by atoms with Gasteiger partial charge in [-0.1, -0.05) is 30.3 Å². The summed E-state index contributed by atoms with van der Waals surface area (Å²) in [7, 11) is 0. The first kappa shape index (κ1) is 7.98. The van der Waals surface area contributed by atoms with Gasteiger partial charge in [0.1, 0.15) is 12.2 Å². The maximum atomic E-state index is 4.12. The van der Waals surface area contributed by atoms with Crippen LogP contribution >= 0.6 is 0 Å². The van der Waals surface area contributed by atoms with Gasteiger partial charge in [-0.3, -0.25) is 0 Å². The summed E-state index contributed by atoms with van der Waals surface area (Å²) in [6, 6.07) is 10.2. The highest BCUT2D eigenvalue weighted by Gasteiger charge is 1.98. The van der Waals surface area contributed by atoms with Crippen LogP contribution in [0.3, 0.4) is 0 Å². The van der Waals surface area contributed by atoms with Crippen molar-refractivity contribution in [2.45, 2.75) is 13.5 Å². The van der Waals surface area contributed by atoms with Gasteiger partial charge in [-0.05, 0) is 12.5 Å². The molecular weight excluding hydrogens is 162 g/mol. The summed E-state index contributed by atoms with van der Waals surface area (Å²) in [5, 5.41) is 4.12. The van der Waals surface area contributed by atoms with Crippen LogP contribution in [0.2, 0.25) is 0 Å². The lowest BCUT2D eigenvalue weighted by Gasteiger charge is -2.02. The molecule has 66 valence electrons. The van der Waals surface area contributed by atoms with Crippen molar-refractivity contribution in [2.24, 2.45) is 0 Å². The summed E-state index contributed by atoms with van der Waals surface area (Å²) in [5.41, 5.74) is 1.25. The Morgan fingerprint density at radius 3 is 2.62 bits per heavy atom. The Morgan fingerprint density at radius 2 is 2.00 bits per heavy atom. The van der Waals surface area contributed by atoms with Crippen LogP contribution in [-0.2, 0) is 6.54 Å². The first-order valence-corrected chi connectivity index (χ1v) is 4.24. The minimum absolute atomic E-state index is 0.798. The Labute approximate surface area is 77.0 Å². The number of hydrogen-bond acceptors (Lipinski definition) is 2. The van der Waals surface area contributed by atoms with Crippen molar-refractivity contribution in [3.63, 3.8) is 0 Å². The standard InChI is InChI=1S/C10H11N3/c1-9-11-8-12-13(9)7-10-5-3-2-4-6-10/h2-6,8H,7H2,1H3. The second kappa shape index (κ2) is 3.39. The molecule has 0 amide bonds. The summed E-state index contributed by atoms with van der Waals surface area (Å²) in [4.78, 5) is 4.06. The molecule has 0 unspecified atom stereocenters. The number of hydrogen-bond donors (Lipinski definition) is 0. The summed E-state index contributed by atoms with van der Waals surface area (Å²) < 4.78 is 1.88. The van der Waals surface area contributed by atoms with Crippen LogP contribution in [0.4, 0.5) is 0 Å². The number of aromatic nitrogens is 3. The molecule has 0 radical (unpaired) electrons. The molecule has 0 atom stereocenters. The summed E-state index contributed by atoms with van der Waals surface area (Å²) in [6.07, 6.45) is 1.58. The lowest BCUT2D eigenvalue weighted by atomic mass is 10.2. The first-order valence-electron chi connectivity index (χ1n) is 4.24. The summed E-state index contributed by atoms with van der Waals surface area (Å²) in [6.45, 7) is 2.75. The van der Waals surface area contributed by atoms with E-state index in [-0.39, 0.29) is 0 Å². The van der Waals surface area contributed by atoms with Gasteiger partial charge in [0.2, 0.25) is 0 Å². The second-order valence-electron chi connectivity index (χ2n) is 2.95. The fraction of sp³-hybridized carbons (Fsp3) is 0.200. The van der Waals surface area contributed by atoms with Crippen LogP contribution in [0, 0.1) is 6.92 Å². The van der Waals surface area contributed by atoms with Gasteiger partial charge in [0.25, 0.3) is 0 Å². The predicted octanol–water partition coefficient (Wildman–Crippen LogP) is 1.63. The molecule has 1 heterocycles. The predicted molar refractivity (Wildman–Crippen MR) is 50.3 cm³/mol. The molecule has 0 N–H and O–H groups in total. The van der Waals surface area contributed by atoms with Gasteiger partial charge in [-0.25, -0.2) is 9.67 Å².